The number of nitrogens with zero attached hydrogens (tertiary/aromatic N) is 2. The molecule has 2 aromatic rings. The number of hydrogen-bond donors (Lipinski definition) is 1. The second-order valence-corrected chi connectivity index (χ2v) is 5.63. The summed E-state index contributed by atoms with van der Waals surface area (Å²) in [6.45, 7) is 4.22. The number of rotatable bonds is 2. The van der Waals surface area contributed by atoms with Gasteiger partial charge in [-0.3, -0.25) is 0 Å². The van der Waals surface area contributed by atoms with Gasteiger partial charge in [0.2, 0.25) is 0 Å². The first-order chi connectivity index (χ1) is 9.40. The number of hydrogen-bond acceptors (Lipinski definition) is 3. The Kier molecular flexibility index (Phi) is 2.66. The lowest BCUT2D eigenvalue weighted by Crippen LogP contribution is -2.43. The van der Waals surface area contributed by atoms with Crippen molar-refractivity contribution in [1.82, 2.24) is 10.3 Å². The van der Waals surface area contributed by atoms with Crippen molar-refractivity contribution >= 4 is 16.7 Å². The molecule has 0 radical (unpaired) electrons. The molecule has 1 aliphatic carbocycles. The number of fused-ring (bicyclic) bond motifs is 1. The minimum atomic E-state index is 0.817. The van der Waals surface area contributed by atoms with E-state index in [4.69, 9.17) is 4.98 Å². The van der Waals surface area contributed by atoms with E-state index in [0.29, 0.717) is 0 Å². The number of pyridine rings is 1. The third-order valence-corrected chi connectivity index (χ3v) is 4.19. The van der Waals surface area contributed by atoms with Crippen LogP contribution in [0.3, 0.4) is 0 Å². The van der Waals surface area contributed by atoms with Crippen LogP contribution in [0.1, 0.15) is 24.3 Å². The Labute approximate surface area is 113 Å². The minimum absolute atomic E-state index is 0.817. The molecule has 0 bridgehead atoms. The largest absolute Gasteiger partial charge is 0.354 e. The fourth-order valence-electron chi connectivity index (χ4n) is 2.87. The summed E-state index contributed by atoms with van der Waals surface area (Å²) >= 11 is 0. The first-order valence-corrected chi connectivity index (χ1v) is 7.26. The van der Waals surface area contributed by atoms with E-state index in [1.165, 1.54) is 23.8 Å². The van der Waals surface area contributed by atoms with Gasteiger partial charge >= 0.3 is 0 Å². The Morgan fingerprint density at radius 2 is 1.89 bits per heavy atom. The van der Waals surface area contributed by atoms with Crippen LogP contribution in [0.25, 0.3) is 10.9 Å². The normalized spacial score (nSPS) is 19.9. The average Bonchev–Trinajstić information content (AvgIpc) is 3.32. The SMILES string of the molecule is c1cc2nc(N3CCNCC3)ccc2cc1C1CC1. The van der Waals surface area contributed by atoms with Gasteiger partial charge in [0.25, 0.3) is 0 Å². The predicted octanol–water partition coefficient (Wildman–Crippen LogP) is 2.52. The van der Waals surface area contributed by atoms with Crippen LogP contribution < -0.4 is 10.2 Å². The average molecular weight is 253 g/mol. The van der Waals surface area contributed by atoms with Gasteiger partial charge < -0.3 is 10.2 Å². The molecule has 2 fully saturated rings. The summed E-state index contributed by atoms with van der Waals surface area (Å²) in [6, 6.07) is 11.2. The maximum atomic E-state index is 4.82. The molecule has 98 valence electrons. The maximum absolute atomic E-state index is 4.82. The Bertz CT molecular complexity index is 598. The molecular weight excluding hydrogens is 234 g/mol. The Hall–Kier alpha value is -1.61. The number of nitrogens with one attached hydrogen (secondary N) is 1. The van der Waals surface area contributed by atoms with E-state index in [-0.39, 0.29) is 0 Å². The molecular formula is C16H19N3. The van der Waals surface area contributed by atoms with E-state index in [1.807, 2.05) is 0 Å². The third kappa shape index (κ3) is 2.19. The number of aromatic nitrogens is 1. The van der Waals surface area contributed by atoms with E-state index in [0.717, 1.165) is 43.4 Å². The van der Waals surface area contributed by atoms with E-state index in [1.54, 1.807) is 0 Å². The molecule has 3 heteroatoms. The lowest BCUT2D eigenvalue weighted by atomic mass is 10.1. The van der Waals surface area contributed by atoms with E-state index in [9.17, 15) is 0 Å². The van der Waals surface area contributed by atoms with Crippen LogP contribution >= 0.6 is 0 Å². The monoisotopic (exact) mass is 253 g/mol. The van der Waals surface area contributed by atoms with Crippen LogP contribution in [0.15, 0.2) is 30.3 Å². The maximum Gasteiger partial charge on any atom is 0.129 e. The topological polar surface area (TPSA) is 28.2 Å². The second kappa shape index (κ2) is 4.49. The first kappa shape index (κ1) is 11.2. The first-order valence-electron chi connectivity index (χ1n) is 7.26. The highest BCUT2D eigenvalue weighted by Gasteiger charge is 2.23. The molecule has 1 N–H and O–H groups in total. The van der Waals surface area contributed by atoms with Crippen molar-refractivity contribution < 1.29 is 0 Å². The third-order valence-electron chi connectivity index (χ3n) is 4.19. The summed E-state index contributed by atoms with van der Waals surface area (Å²) in [5, 5.41) is 4.66. The predicted molar refractivity (Wildman–Crippen MR) is 78.8 cm³/mol. The van der Waals surface area contributed by atoms with Crippen molar-refractivity contribution in [1.29, 1.82) is 0 Å². The van der Waals surface area contributed by atoms with Crippen LogP contribution in [0.4, 0.5) is 5.82 Å². The Morgan fingerprint density at radius 3 is 2.68 bits per heavy atom. The lowest BCUT2D eigenvalue weighted by molar-refractivity contribution is 0.585. The quantitative estimate of drug-likeness (QED) is 0.891. The van der Waals surface area contributed by atoms with Gasteiger partial charge in [-0.15, -0.1) is 0 Å². The van der Waals surface area contributed by atoms with Gasteiger partial charge in [-0.1, -0.05) is 6.07 Å². The van der Waals surface area contributed by atoms with Crippen molar-refractivity contribution in [2.45, 2.75) is 18.8 Å². The molecule has 2 heterocycles. The molecule has 4 rings (SSSR count). The fraction of sp³-hybridized carbons (Fsp3) is 0.438. The summed E-state index contributed by atoms with van der Waals surface area (Å²) in [5.41, 5.74) is 2.62. The highest BCUT2D eigenvalue weighted by atomic mass is 15.2. The van der Waals surface area contributed by atoms with Gasteiger partial charge in [-0.25, -0.2) is 4.98 Å². The molecule has 19 heavy (non-hydrogen) atoms. The van der Waals surface area contributed by atoms with Gasteiger partial charge in [0, 0.05) is 31.6 Å². The Morgan fingerprint density at radius 1 is 1.05 bits per heavy atom. The standard InChI is InChI=1S/C16H19N3/c1-2-12(1)13-3-5-15-14(11-13)4-6-16(18-15)19-9-7-17-8-10-19/h3-6,11-12,17H,1-2,7-10H2. The number of benzene rings is 1. The summed E-state index contributed by atoms with van der Waals surface area (Å²) in [5.74, 6) is 1.94. The molecule has 1 saturated heterocycles. The highest BCUT2D eigenvalue weighted by molar-refractivity contribution is 5.81. The van der Waals surface area contributed by atoms with Gasteiger partial charge in [0.05, 0.1) is 5.52 Å². The lowest BCUT2D eigenvalue weighted by Gasteiger charge is -2.28. The van der Waals surface area contributed by atoms with Gasteiger partial charge in [0.15, 0.2) is 0 Å². The summed E-state index contributed by atoms with van der Waals surface area (Å²) in [6.07, 6.45) is 2.72. The zero-order chi connectivity index (χ0) is 12.7. The van der Waals surface area contributed by atoms with Crippen molar-refractivity contribution in [2.24, 2.45) is 0 Å². The molecule has 1 aromatic heterocycles. The van der Waals surface area contributed by atoms with Crippen LogP contribution in [-0.2, 0) is 0 Å². The van der Waals surface area contributed by atoms with Crippen LogP contribution in [0.2, 0.25) is 0 Å². The summed E-state index contributed by atoms with van der Waals surface area (Å²) in [4.78, 5) is 7.18. The van der Waals surface area contributed by atoms with Crippen molar-refractivity contribution in [2.75, 3.05) is 31.1 Å². The van der Waals surface area contributed by atoms with Crippen LogP contribution in [-0.4, -0.2) is 31.2 Å². The zero-order valence-corrected chi connectivity index (χ0v) is 11.1. The molecule has 1 saturated carbocycles. The Balaban J connectivity index is 1.68. The van der Waals surface area contributed by atoms with E-state index in [2.05, 4.69) is 40.5 Å². The number of piperazine rings is 1. The smallest absolute Gasteiger partial charge is 0.129 e. The van der Waals surface area contributed by atoms with Crippen LogP contribution in [0, 0.1) is 0 Å². The van der Waals surface area contributed by atoms with Gasteiger partial charge in [-0.05, 0) is 48.6 Å². The van der Waals surface area contributed by atoms with E-state index < -0.39 is 0 Å². The molecule has 0 amide bonds. The number of anilines is 1. The van der Waals surface area contributed by atoms with Gasteiger partial charge in [0.1, 0.15) is 5.82 Å². The molecule has 0 spiro atoms. The molecule has 1 aromatic carbocycles. The summed E-state index contributed by atoms with van der Waals surface area (Å²) in [7, 11) is 0. The highest BCUT2D eigenvalue weighted by Crippen LogP contribution is 2.40. The van der Waals surface area contributed by atoms with Crippen molar-refractivity contribution in [3.8, 4) is 0 Å². The van der Waals surface area contributed by atoms with Crippen molar-refractivity contribution in [3.05, 3.63) is 35.9 Å². The van der Waals surface area contributed by atoms with Gasteiger partial charge in [-0.2, -0.15) is 0 Å². The second-order valence-electron chi connectivity index (χ2n) is 5.63. The fourth-order valence-corrected chi connectivity index (χ4v) is 2.87. The van der Waals surface area contributed by atoms with E-state index >= 15 is 0 Å². The molecule has 0 unspecified atom stereocenters. The zero-order valence-electron chi connectivity index (χ0n) is 11.1. The molecule has 3 nitrogen and oxygen atoms in total. The van der Waals surface area contributed by atoms with Crippen LogP contribution in [0.5, 0.6) is 0 Å². The molecule has 0 atom stereocenters. The minimum Gasteiger partial charge on any atom is -0.354 e. The molecule has 1 aliphatic heterocycles. The summed E-state index contributed by atoms with van der Waals surface area (Å²) < 4.78 is 0. The molecule has 2 aliphatic rings. The van der Waals surface area contributed by atoms with Crippen molar-refractivity contribution in [3.63, 3.8) is 0 Å².